The monoisotopic (exact) mass is 325 g/mol. The van der Waals surface area contributed by atoms with Crippen LogP contribution in [0.15, 0.2) is 0 Å². The van der Waals surface area contributed by atoms with Gasteiger partial charge in [0.1, 0.15) is 9.53 Å². The lowest BCUT2D eigenvalue weighted by Gasteiger charge is -2.17. The zero-order valence-electron chi connectivity index (χ0n) is 7.79. The molecule has 0 bridgehead atoms. The fourth-order valence-electron chi connectivity index (χ4n) is 1.94. The van der Waals surface area contributed by atoms with E-state index < -0.39 is 0 Å². The van der Waals surface area contributed by atoms with E-state index >= 15 is 0 Å². The molecule has 1 aromatic heterocycles. The van der Waals surface area contributed by atoms with Crippen molar-refractivity contribution < 1.29 is 0 Å². The van der Waals surface area contributed by atoms with E-state index in [0.717, 1.165) is 25.6 Å². The lowest BCUT2D eigenvalue weighted by atomic mass is 10.3. The molecule has 0 amide bonds. The van der Waals surface area contributed by atoms with E-state index in [9.17, 15) is 0 Å². The number of nitrogens with zero attached hydrogens (tertiary/aromatic N) is 2. The second-order valence-corrected chi connectivity index (χ2v) is 4.83. The van der Waals surface area contributed by atoms with E-state index in [4.69, 9.17) is 0 Å². The van der Waals surface area contributed by atoms with Crippen LogP contribution in [0, 0.1) is 3.70 Å². The van der Waals surface area contributed by atoms with Crippen molar-refractivity contribution in [3.63, 3.8) is 0 Å². The van der Waals surface area contributed by atoms with Crippen LogP contribution in [-0.2, 0) is 13.1 Å². The SMILES string of the molecule is Cl.Ic1nc(C2CC2)n2c1CNCC2. The Morgan fingerprint density at radius 2 is 2.21 bits per heavy atom. The van der Waals surface area contributed by atoms with Gasteiger partial charge in [-0.05, 0) is 35.4 Å². The second-order valence-electron chi connectivity index (χ2n) is 3.81. The Hall–Kier alpha value is 0.190. The van der Waals surface area contributed by atoms with Crippen molar-refractivity contribution in [1.82, 2.24) is 14.9 Å². The smallest absolute Gasteiger partial charge is 0.124 e. The highest BCUT2D eigenvalue weighted by atomic mass is 127. The maximum absolute atomic E-state index is 4.66. The lowest BCUT2D eigenvalue weighted by molar-refractivity contribution is 0.500. The van der Waals surface area contributed by atoms with E-state index in [-0.39, 0.29) is 12.4 Å². The first kappa shape index (κ1) is 10.7. The summed E-state index contributed by atoms with van der Waals surface area (Å²) in [5.41, 5.74) is 1.40. The number of fused-ring (bicyclic) bond motifs is 1. The maximum atomic E-state index is 4.66. The lowest BCUT2D eigenvalue weighted by Crippen LogP contribution is -2.29. The fraction of sp³-hybridized carbons (Fsp3) is 0.667. The molecule has 0 atom stereocenters. The number of halogens is 2. The van der Waals surface area contributed by atoms with E-state index in [1.54, 1.807) is 0 Å². The predicted octanol–water partition coefficient (Wildman–Crippen LogP) is 1.89. The number of hydrogen-bond acceptors (Lipinski definition) is 2. The molecule has 1 N–H and O–H groups in total. The van der Waals surface area contributed by atoms with Crippen LogP contribution in [0.3, 0.4) is 0 Å². The molecular weight excluding hydrogens is 312 g/mol. The number of rotatable bonds is 1. The summed E-state index contributed by atoms with van der Waals surface area (Å²) in [6, 6.07) is 0. The van der Waals surface area contributed by atoms with Gasteiger partial charge in [0.25, 0.3) is 0 Å². The quantitative estimate of drug-likeness (QED) is 0.799. The minimum atomic E-state index is 0. The van der Waals surface area contributed by atoms with Gasteiger partial charge in [-0.15, -0.1) is 12.4 Å². The Balaban J connectivity index is 0.000000750. The van der Waals surface area contributed by atoms with E-state index in [0.29, 0.717) is 0 Å². The van der Waals surface area contributed by atoms with Gasteiger partial charge in [-0.2, -0.15) is 0 Å². The van der Waals surface area contributed by atoms with Crippen LogP contribution >= 0.6 is 35.0 Å². The molecule has 0 saturated heterocycles. The second kappa shape index (κ2) is 3.98. The van der Waals surface area contributed by atoms with Gasteiger partial charge in [-0.3, -0.25) is 0 Å². The summed E-state index contributed by atoms with van der Waals surface area (Å²) in [5, 5.41) is 3.39. The Kier molecular flexibility index (Phi) is 3.04. The molecule has 78 valence electrons. The molecular formula is C9H13ClIN3. The van der Waals surface area contributed by atoms with Gasteiger partial charge in [-0.1, -0.05) is 0 Å². The molecule has 5 heteroatoms. The first-order valence-corrected chi connectivity index (χ1v) is 5.89. The standard InChI is InChI=1S/C9H12IN3.ClH/c10-8-7-5-11-3-4-13(7)9(12-8)6-1-2-6;/h6,11H,1-5H2;1H. The van der Waals surface area contributed by atoms with Crippen LogP contribution in [-0.4, -0.2) is 16.1 Å². The Morgan fingerprint density at radius 3 is 2.93 bits per heavy atom. The molecule has 1 aromatic rings. The summed E-state index contributed by atoms with van der Waals surface area (Å²) in [6.07, 6.45) is 2.69. The zero-order chi connectivity index (χ0) is 8.84. The van der Waals surface area contributed by atoms with Crippen molar-refractivity contribution in [3.8, 4) is 0 Å². The van der Waals surface area contributed by atoms with Crippen molar-refractivity contribution >= 4 is 35.0 Å². The first-order chi connectivity index (χ1) is 6.36. The van der Waals surface area contributed by atoms with Gasteiger partial charge in [-0.25, -0.2) is 4.98 Å². The zero-order valence-corrected chi connectivity index (χ0v) is 10.8. The highest BCUT2D eigenvalue weighted by Gasteiger charge is 2.31. The van der Waals surface area contributed by atoms with Crippen LogP contribution in [0.5, 0.6) is 0 Å². The molecule has 1 aliphatic heterocycles. The van der Waals surface area contributed by atoms with Crippen molar-refractivity contribution in [2.75, 3.05) is 6.54 Å². The summed E-state index contributed by atoms with van der Waals surface area (Å²) >= 11 is 2.35. The van der Waals surface area contributed by atoms with Gasteiger partial charge < -0.3 is 9.88 Å². The number of hydrogen-bond donors (Lipinski definition) is 1. The molecule has 2 heterocycles. The first-order valence-electron chi connectivity index (χ1n) is 4.82. The highest BCUT2D eigenvalue weighted by Crippen LogP contribution is 2.40. The van der Waals surface area contributed by atoms with Gasteiger partial charge in [0.15, 0.2) is 0 Å². The third kappa shape index (κ3) is 1.67. The molecule has 1 fully saturated rings. The minimum absolute atomic E-state index is 0. The van der Waals surface area contributed by atoms with E-state index in [1.165, 1.54) is 28.1 Å². The average Bonchev–Trinajstić information content (AvgIpc) is 2.94. The minimum Gasteiger partial charge on any atom is -0.328 e. The molecule has 0 radical (unpaired) electrons. The maximum Gasteiger partial charge on any atom is 0.124 e. The Morgan fingerprint density at radius 1 is 1.43 bits per heavy atom. The summed E-state index contributed by atoms with van der Waals surface area (Å²) in [7, 11) is 0. The fourth-order valence-corrected chi connectivity index (χ4v) is 2.67. The molecule has 1 saturated carbocycles. The van der Waals surface area contributed by atoms with Gasteiger partial charge >= 0.3 is 0 Å². The van der Waals surface area contributed by atoms with E-state index in [2.05, 4.69) is 37.5 Å². The third-order valence-corrected chi connectivity index (χ3v) is 3.66. The van der Waals surface area contributed by atoms with Gasteiger partial charge in [0.2, 0.25) is 0 Å². The summed E-state index contributed by atoms with van der Waals surface area (Å²) in [5.74, 6) is 2.13. The van der Waals surface area contributed by atoms with Crippen LogP contribution in [0.1, 0.15) is 30.3 Å². The highest BCUT2D eigenvalue weighted by molar-refractivity contribution is 14.1. The number of nitrogens with one attached hydrogen (secondary N) is 1. The molecule has 2 aliphatic rings. The van der Waals surface area contributed by atoms with Crippen molar-refractivity contribution in [3.05, 3.63) is 15.2 Å². The van der Waals surface area contributed by atoms with Crippen molar-refractivity contribution in [1.29, 1.82) is 0 Å². The van der Waals surface area contributed by atoms with Crippen molar-refractivity contribution in [2.24, 2.45) is 0 Å². The summed E-state index contributed by atoms with van der Waals surface area (Å²) in [6.45, 7) is 3.20. The average molecular weight is 326 g/mol. The number of imidazole rings is 1. The summed E-state index contributed by atoms with van der Waals surface area (Å²) in [4.78, 5) is 4.66. The molecule has 0 unspecified atom stereocenters. The van der Waals surface area contributed by atoms with Gasteiger partial charge in [0, 0.05) is 25.6 Å². The van der Waals surface area contributed by atoms with Gasteiger partial charge in [0.05, 0.1) is 5.69 Å². The Bertz CT molecular complexity index is 346. The molecule has 1 aliphatic carbocycles. The molecule has 0 aromatic carbocycles. The summed E-state index contributed by atoms with van der Waals surface area (Å²) < 4.78 is 3.63. The van der Waals surface area contributed by atoms with Crippen LogP contribution in [0.25, 0.3) is 0 Å². The topological polar surface area (TPSA) is 29.9 Å². The molecule has 0 spiro atoms. The number of aromatic nitrogens is 2. The Labute approximate surface area is 103 Å². The van der Waals surface area contributed by atoms with Crippen molar-refractivity contribution in [2.45, 2.75) is 31.8 Å². The predicted molar refractivity (Wildman–Crippen MR) is 65.9 cm³/mol. The molecule has 3 rings (SSSR count). The normalized spacial score (nSPS) is 20.1. The largest absolute Gasteiger partial charge is 0.328 e. The third-order valence-electron chi connectivity index (χ3n) is 2.80. The van der Waals surface area contributed by atoms with Crippen LogP contribution < -0.4 is 5.32 Å². The molecule has 14 heavy (non-hydrogen) atoms. The van der Waals surface area contributed by atoms with Crippen LogP contribution in [0.4, 0.5) is 0 Å². The van der Waals surface area contributed by atoms with Crippen LogP contribution in [0.2, 0.25) is 0 Å². The van der Waals surface area contributed by atoms with E-state index in [1.807, 2.05) is 0 Å². The molecule has 3 nitrogen and oxygen atoms in total.